The van der Waals surface area contributed by atoms with Gasteiger partial charge in [-0.1, -0.05) is 0 Å². The van der Waals surface area contributed by atoms with Gasteiger partial charge in [-0.3, -0.25) is 19.7 Å². The van der Waals surface area contributed by atoms with E-state index >= 15 is 0 Å². The zero-order valence-corrected chi connectivity index (χ0v) is 14.7. The zero-order valence-electron chi connectivity index (χ0n) is 14.7. The summed E-state index contributed by atoms with van der Waals surface area (Å²) in [5.74, 6) is 0.131. The van der Waals surface area contributed by atoms with Crippen LogP contribution < -0.4 is 15.5 Å². The number of nitro benzene ring substituents is 1. The van der Waals surface area contributed by atoms with E-state index in [2.05, 4.69) is 10.6 Å². The Morgan fingerprint density at radius 3 is 2.50 bits per heavy atom. The van der Waals surface area contributed by atoms with Gasteiger partial charge in [0.2, 0.25) is 5.91 Å². The summed E-state index contributed by atoms with van der Waals surface area (Å²) in [7, 11) is 0. The molecule has 140 valence electrons. The molecule has 2 fully saturated rings. The van der Waals surface area contributed by atoms with Crippen LogP contribution in [0.4, 0.5) is 11.4 Å². The van der Waals surface area contributed by atoms with Crippen LogP contribution in [0.15, 0.2) is 18.2 Å². The highest BCUT2D eigenvalue weighted by Crippen LogP contribution is 2.30. The Morgan fingerprint density at radius 1 is 1.27 bits per heavy atom. The molecule has 9 nitrogen and oxygen atoms in total. The van der Waals surface area contributed by atoms with Crippen LogP contribution in [0, 0.1) is 16.0 Å². The van der Waals surface area contributed by atoms with Crippen molar-refractivity contribution in [3.05, 3.63) is 33.9 Å². The number of benzene rings is 1. The molecule has 0 spiro atoms. The van der Waals surface area contributed by atoms with Crippen LogP contribution in [-0.4, -0.2) is 67.5 Å². The highest BCUT2D eigenvalue weighted by Gasteiger charge is 2.26. The first-order valence-corrected chi connectivity index (χ1v) is 8.73. The number of hydrogen-bond acceptors (Lipinski definition) is 6. The van der Waals surface area contributed by atoms with Crippen LogP contribution in [0.3, 0.4) is 0 Å². The van der Waals surface area contributed by atoms with Crippen molar-refractivity contribution in [2.24, 2.45) is 5.92 Å². The molecule has 0 aromatic heterocycles. The molecule has 0 bridgehead atoms. The van der Waals surface area contributed by atoms with Crippen molar-refractivity contribution in [3.63, 3.8) is 0 Å². The maximum Gasteiger partial charge on any atom is 0.293 e. The van der Waals surface area contributed by atoms with Gasteiger partial charge in [0.15, 0.2) is 0 Å². The maximum atomic E-state index is 12.3. The molecule has 0 unspecified atom stereocenters. The smallest absolute Gasteiger partial charge is 0.293 e. The molecule has 26 heavy (non-hydrogen) atoms. The fourth-order valence-electron chi connectivity index (χ4n) is 3.17. The SMILES string of the molecule is CC(=O)N1CCN(c2ccc(C(=O)NCC3CNC3)cc2[N+](=O)[O-])CC1. The van der Waals surface area contributed by atoms with Crippen molar-refractivity contribution in [2.75, 3.05) is 50.7 Å². The molecule has 2 amide bonds. The van der Waals surface area contributed by atoms with E-state index in [-0.39, 0.29) is 23.1 Å². The average Bonchev–Trinajstić information content (AvgIpc) is 2.59. The lowest BCUT2D eigenvalue weighted by atomic mass is 10.0. The Labute approximate surface area is 151 Å². The summed E-state index contributed by atoms with van der Waals surface area (Å²) < 4.78 is 0. The second-order valence-corrected chi connectivity index (χ2v) is 6.69. The van der Waals surface area contributed by atoms with Gasteiger partial charge in [0.25, 0.3) is 11.6 Å². The number of hydrogen-bond donors (Lipinski definition) is 2. The van der Waals surface area contributed by atoms with Gasteiger partial charge in [-0.25, -0.2) is 0 Å². The number of nitrogens with one attached hydrogen (secondary N) is 2. The molecule has 0 saturated carbocycles. The Balaban J connectivity index is 1.71. The molecule has 2 aliphatic heterocycles. The van der Waals surface area contributed by atoms with E-state index in [1.807, 2.05) is 4.90 Å². The van der Waals surface area contributed by atoms with E-state index in [4.69, 9.17) is 0 Å². The minimum Gasteiger partial charge on any atom is -0.362 e. The summed E-state index contributed by atoms with van der Waals surface area (Å²) in [4.78, 5) is 38.3. The predicted molar refractivity (Wildman–Crippen MR) is 96.3 cm³/mol. The normalized spacial score (nSPS) is 17.6. The van der Waals surface area contributed by atoms with Gasteiger partial charge in [0.05, 0.1) is 4.92 Å². The van der Waals surface area contributed by atoms with E-state index in [0.29, 0.717) is 44.3 Å². The van der Waals surface area contributed by atoms with Gasteiger partial charge in [-0.2, -0.15) is 0 Å². The van der Waals surface area contributed by atoms with Gasteiger partial charge in [0, 0.05) is 70.3 Å². The third-order valence-corrected chi connectivity index (χ3v) is 4.92. The van der Waals surface area contributed by atoms with Gasteiger partial charge < -0.3 is 20.4 Å². The van der Waals surface area contributed by atoms with Gasteiger partial charge in [-0.05, 0) is 12.1 Å². The largest absolute Gasteiger partial charge is 0.362 e. The minimum absolute atomic E-state index is 0.00725. The molecule has 9 heteroatoms. The van der Waals surface area contributed by atoms with E-state index < -0.39 is 4.92 Å². The third-order valence-electron chi connectivity index (χ3n) is 4.92. The summed E-state index contributed by atoms with van der Waals surface area (Å²) in [5.41, 5.74) is 0.687. The molecule has 0 atom stereocenters. The van der Waals surface area contributed by atoms with Crippen LogP contribution in [0.2, 0.25) is 0 Å². The first-order chi connectivity index (χ1) is 12.5. The summed E-state index contributed by atoms with van der Waals surface area (Å²) in [6, 6.07) is 4.58. The van der Waals surface area contributed by atoms with Crippen molar-refractivity contribution in [1.82, 2.24) is 15.5 Å². The third kappa shape index (κ3) is 3.93. The van der Waals surface area contributed by atoms with Gasteiger partial charge >= 0.3 is 0 Å². The van der Waals surface area contributed by atoms with Crippen LogP contribution >= 0.6 is 0 Å². The van der Waals surface area contributed by atoms with Crippen molar-refractivity contribution in [1.29, 1.82) is 0 Å². The van der Waals surface area contributed by atoms with Crippen molar-refractivity contribution >= 4 is 23.2 Å². The number of amides is 2. The van der Waals surface area contributed by atoms with Crippen LogP contribution in [0.1, 0.15) is 17.3 Å². The van der Waals surface area contributed by atoms with Crippen molar-refractivity contribution in [2.45, 2.75) is 6.92 Å². The number of nitro groups is 1. The second-order valence-electron chi connectivity index (χ2n) is 6.69. The minimum atomic E-state index is -0.459. The van der Waals surface area contributed by atoms with Gasteiger partial charge in [-0.15, -0.1) is 0 Å². The summed E-state index contributed by atoms with van der Waals surface area (Å²) in [6.45, 7) is 5.96. The Kier molecular flexibility index (Phi) is 5.36. The first kappa shape index (κ1) is 18.1. The van der Waals surface area contributed by atoms with Gasteiger partial charge in [0.1, 0.15) is 5.69 Å². The molecule has 3 rings (SSSR count). The molecule has 2 heterocycles. The van der Waals surface area contributed by atoms with E-state index in [0.717, 1.165) is 13.1 Å². The Morgan fingerprint density at radius 2 is 1.96 bits per heavy atom. The molecule has 2 aliphatic rings. The second kappa shape index (κ2) is 7.69. The highest BCUT2D eigenvalue weighted by molar-refractivity contribution is 5.95. The van der Waals surface area contributed by atoms with Crippen LogP contribution in [-0.2, 0) is 4.79 Å². The van der Waals surface area contributed by atoms with Crippen molar-refractivity contribution < 1.29 is 14.5 Å². The highest BCUT2D eigenvalue weighted by atomic mass is 16.6. The molecule has 0 radical (unpaired) electrons. The zero-order chi connectivity index (χ0) is 18.7. The Hall–Kier alpha value is -2.68. The van der Waals surface area contributed by atoms with Crippen molar-refractivity contribution in [3.8, 4) is 0 Å². The lowest BCUT2D eigenvalue weighted by Crippen LogP contribution is -2.48. The topological polar surface area (TPSA) is 108 Å². The van der Waals surface area contributed by atoms with Crippen LogP contribution in [0.25, 0.3) is 0 Å². The number of piperazine rings is 1. The quantitative estimate of drug-likeness (QED) is 0.573. The summed E-state index contributed by atoms with van der Waals surface area (Å²) in [5, 5.41) is 17.5. The standard InChI is InChI=1S/C17H23N5O4/c1-12(23)20-4-6-21(7-5-20)15-3-2-14(8-16(15)22(25)26)17(24)19-11-13-9-18-10-13/h2-3,8,13,18H,4-7,9-11H2,1H3,(H,19,24). The number of carbonyl (C=O) groups excluding carboxylic acids is 2. The number of anilines is 1. The maximum absolute atomic E-state index is 12.3. The van der Waals surface area contributed by atoms with E-state index in [1.165, 1.54) is 13.0 Å². The number of rotatable bonds is 5. The fourth-order valence-corrected chi connectivity index (χ4v) is 3.17. The summed E-state index contributed by atoms with van der Waals surface area (Å²) >= 11 is 0. The molecule has 0 aliphatic carbocycles. The lowest BCUT2D eigenvalue weighted by molar-refractivity contribution is -0.384. The number of carbonyl (C=O) groups is 2. The molecular weight excluding hydrogens is 338 g/mol. The van der Waals surface area contributed by atoms with E-state index in [1.54, 1.807) is 17.0 Å². The predicted octanol–water partition coefficient (Wildman–Crippen LogP) is 0.213. The lowest BCUT2D eigenvalue weighted by Gasteiger charge is -2.35. The first-order valence-electron chi connectivity index (χ1n) is 8.73. The monoisotopic (exact) mass is 361 g/mol. The number of nitrogens with zero attached hydrogens (tertiary/aromatic N) is 3. The molecular formula is C17H23N5O4. The molecule has 1 aromatic rings. The molecule has 1 aromatic carbocycles. The van der Waals surface area contributed by atoms with Crippen LogP contribution in [0.5, 0.6) is 0 Å². The Bertz CT molecular complexity index is 711. The summed E-state index contributed by atoms with van der Waals surface area (Å²) in [6.07, 6.45) is 0. The van der Waals surface area contributed by atoms with E-state index in [9.17, 15) is 19.7 Å². The fraction of sp³-hybridized carbons (Fsp3) is 0.529. The molecule has 2 saturated heterocycles. The molecule has 2 N–H and O–H groups in total. The average molecular weight is 361 g/mol.